The molecule has 1 saturated heterocycles. The lowest BCUT2D eigenvalue weighted by molar-refractivity contribution is -0.277. The Morgan fingerprint density at radius 3 is 2.38 bits per heavy atom. The predicted molar refractivity (Wildman–Crippen MR) is 114 cm³/mol. The SMILES string of the molecule is COc1cc(-c2oc3cc(O)cc(O)c3c(=O)c2O)ccc1OC1OC(CO)C(O)C(O)C1O. The molecule has 2 heterocycles. The van der Waals surface area contributed by atoms with E-state index in [1.54, 1.807) is 0 Å². The number of methoxy groups -OCH3 is 1. The summed E-state index contributed by atoms with van der Waals surface area (Å²) in [5.74, 6) is -1.92. The van der Waals surface area contributed by atoms with Gasteiger partial charge in [0.25, 0.3) is 0 Å². The Labute approximate surface area is 191 Å². The summed E-state index contributed by atoms with van der Waals surface area (Å²) in [6.45, 7) is -0.633. The average molecular weight is 478 g/mol. The molecular weight excluding hydrogens is 456 g/mol. The molecule has 1 aliphatic heterocycles. The number of aliphatic hydroxyl groups is 4. The van der Waals surface area contributed by atoms with E-state index in [9.17, 15) is 40.5 Å². The zero-order valence-corrected chi connectivity index (χ0v) is 17.7. The van der Waals surface area contributed by atoms with Crippen molar-refractivity contribution in [2.24, 2.45) is 0 Å². The van der Waals surface area contributed by atoms with Gasteiger partial charge in [0.2, 0.25) is 17.5 Å². The molecule has 3 aromatic rings. The first-order valence-corrected chi connectivity index (χ1v) is 10.0. The first-order valence-electron chi connectivity index (χ1n) is 10.0. The maximum atomic E-state index is 12.6. The van der Waals surface area contributed by atoms with Crippen LogP contribution in [0.25, 0.3) is 22.3 Å². The highest BCUT2D eigenvalue weighted by Crippen LogP contribution is 2.39. The van der Waals surface area contributed by atoms with Gasteiger partial charge in [0, 0.05) is 17.7 Å². The summed E-state index contributed by atoms with van der Waals surface area (Å²) in [6.07, 6.45) is -7.48. The summed E-state index contributed by atoms with van der Waals surface area (Å²) >= 11 is 0. The van der Waals surface area contributed by atoms with Crippen LogP contribution in [-0.4, -0.2) is 80.2 Å². The second-order valence-corrected chi connectivity index (χ2v) is 7.63. The van der Waals surface area contributed by atoms with Crippen molar-refractivity contribution < 1.29 is 54.4 Å². The molecule has 0 spiro atoms. The van der Waals surface area contributed by atoms with Crippen molar-refractivity contribution in [2.45, 2.75) is 30.7 Å². The predicted octanol–water partition coefficient (Wildman–Crippen LogP) is -0.236. The summed E-state index contributed by atoms with van der Waals surface area (Å²) in [5, 5.41) is 69.1. The molecule has 1 aliphatic rings. The van der Waals surface area contributed by atoms with Crippen LogP contribution in [0.15, 0.2) is 39.5 Å². The van der Waals surface area contributed by atoms with E-state index in [-0.39, 0.29) is 39.5 Å². The monoisotopic (exact) mass is 478 g/mol. The van der Waals surface area contributed by atoms with Crippen LogP contribution in [-0.2, 0) is 4.74 Å². The average Bonchev–Trinajstić information content (AvgIpc) is 2.81. The largest absolute Gasteiger partial charge is 0.508 e. The molecule has 0 amide bonds. The van der Waals surface area contributed by atoms with Crippen LogP contribution in [0, 0.1) is 0 Å². The fourth-order valence-corrected chi connectivity index (χ4v) is 3.67. The Balaban J connectivity index is 1.71. The van der Waals surface area contributed by atoms with Gasteiger partial charge in [0.05, 0.1) is 13.7 Å². The van der Waals surface area contributed by atoms with Crippen LogP contribution in [0.4, 0.5) is 0 Å². The molecule has 4 rings (SSSR count). The number of aromatic hydroxyl groups is 3. The van der Waals surface area contributed by atoms with E-state index >= 15 is 0 Å². The highest BCUT2D eigenvalue weighted by molar-refractivity contribution is 5.88. The maximum absolute atomic E-state index is 12.6. The van der Waals surface area contributed by atoms with Gasteiger partial charge in [-0.3, -0.25) is 4.79 Å². The fraction of sp³-hybridized carbons (Fsp3) is 0.318. The molecule has 0 radical (unpaired) electrons. The maximum Gasteiger partial charge on any atom is 0.238 e. The number of hydrogen-bond acceptors (Lipinski definition) is 12. The quantitative estimate of drug-likeness (QED) is 0.254. The van der Waals surface area contributed by atoms with Gasteiger partial charge in [-0.05, 0) is 18.2 Å². The molecular formula is C22H22O12. The highest BCUT2D eigenvalue weighted by Gasteiger charge is 2.45. The van der Waals surface area contributed by atoms with Crippen molar-refractivity contribution >= 4 is 11.0 Å². The topological polar surface area (TPSA) is 200 Å². The summed E-state index contributed by atoms with van der Waals surface area (Å²) in [7, 11) is 1.30. The van der Waals surface area contributed by atoms with Crippen LogP contribution in [0.3, 0.4) is 0 Å². The molecule has 2 aromatic carbocycles. The third-order valence-corrected chi connectivity index (χ3v) is 5.45. The summed E-state index contributed by atoms with van der Waals surface area (Å²) in [5.41, 5.74) is -0.928. The molecule has 7 N–H and O–H groups in total. The van der Waals surface area contributed by atoms with Crippen molar-refractivity contribution in [1.29, 1.82) is 0 Å². The number of fused-ring (bicyclic) bond motifs is 1. The Kier molecular flexibility index (Phi) is 6.25. The van der Waals surface area contributed by atoms with Crippen LogP contribution in [0.5, 0.6) is 28.7 Å². The van der Waals surface area contributed by atoms with Gasteiger partial charge in [-0.25, -0.2) is 0 Å². The van der Waals surface area contributed by atoms with Crippen LogP contribution >= 0.6 is 0 Å². The smallest absolute Gasteiger partial charge is 0.238 e. The van der Waals surface area contributed by atoms with Crippen molar-refractivity contribution in [2.75, 3.05) is 13.7 Å². The molecule has 5 atom stereocenters. The molecule has 0 bridgehead atoms. The standard InChI is InChI=1S/C22H22O12/c1-31-12-4-8(21-19(29)17(27)15-10(25)5-9(24)6-13(15)32-21)2-3-11(12)33-22-20(30)18(28)16(26)14(7-23)34-22/h2-6,14,16,18,20,22-26,28-30H,7H2,1H3. The molecule has 182 valence electrons. The number of phenols is 2. The van der Waals surface area contributed by atoms with Crippen LogP contribution in [0.1, 0.15) is 0 Å². The molecule has 12 heteroatoms. The molecule has 34 heavy (non-hydrogen) atoms. The Hall–Kier alpha value is -3.55. The van der Waals surface area contributed by atoms with E-state index in [4.69, 9.17) is 18.6 Å². The normalized spacial score (nSPS) is 24.8. The lowest BCUT2D eigenvalue weighted by Gasteiger charge is -2.39. The number of phenolic OH excluding ortho intramolecular Hbond substituents is 2. The number of aliphatic hydroxyl groups excluding tert-OH is 4. The molecule has 5 unspecified atom stereocenters. The number of benzene rings is 2. The fourth-order valence-electron chi connectivity index (χ4n) is 3.67. The molecule has 0 aliphatic carbocycles. The Bertz CT molecular complexity index is 1270. The van der Waals surface area contributed by atoms with Gasteiger partial charge in [0.15, 0.2) is 17.3 Å². The minimum atomic E-state index is -1.65. The van der Waals surface area contributed by atoms with Gasteiger partial charge < -0.3 is 54.4 Å². The van der Waals surface area contributed by atoms with E-state index in [2.05, 4.69) is 0 Å². The van der Waals surface area contributed by atoms with Crippen molar-refractivity contribution in [3.05, 3.63) is 40.6 Å². The van der Waals surface area contributed by atoms with E-state index < -0.39 is 54.2 Å². The molecule has 1 fully saturated rings. The van der Waals surface area contributed by atoms with E-state index in [1.807, 2.05) is 0 Å². The van der Waals surface area contributed by atoms with Crippen molar-refractivity contribution in [1.82, 2.24) is 0 Å². The third kappa shape index (κ3) is 3.97. The summed E-state index contributed by atoms with van der Waals surface area (Å²) in [6, 6.07) is 6.11. The van der Waals surface area contributed by atoms with Crippen molar-refractivity contribution in [3.8, 4) is 40.1 Å². The lowest BCUT2D eigenvalue weighted by atomic mass is 9.99. The van der Waals surface area contributed by atoms with Gasteiger partial charge in [0.1, 0.15) is 46.9 Å². The minimum Gasteiger partial charge on any atom is -0.508 e. The number of rotatable bonds is 5. The second-order valence-electron chi connectivity index (χ2n) is 7.63. The molecule has 1 aromatic heterocycles. The van der Waals surface area contributed by atoms with E-state index in [1.165, 1.54) is 25.3 Å². The van der Waals surface area contributed by atoms with Crippen LogP contribution in [0.2, 0.25) is 0 Å². The zero-order valence-electron chi connectivity index (χ0n) is 17.7. The summed E-state index contributed by atoms with van der Waals surface area (Å²) < 4.78 is 21.7. The molecule has 12 nitrogen and oxygen atoms in total. The minimum absolute atomic E-state index is 0.0218. The first kappa shape index (κ1) is 23.6. The van der Waals surface area contributed by atoms with E-state index in [0.717, 1.165) is 12.1 Å². The lowest BCUT2D eigenvalue weighted by Crippen LogP contribution is -2.60. The first-order chi connectivity index (χ1) is 16.2. The van der Waals surface area contributed by atoms with Crippen LogP contribution < -0.4 is 14.9 Å². The zero-order chi connectivity index (χ0) is 24.7. The van der Waals surface area contributed by atoms with Gasteiger partial charge in [-0.2, -0.15) is 0 Å². The number of ether oxygens (including phenoxy) is 3. The highest BCUT2D eigenvalue weighted by atomic mass is 16.7. The molecule has 0 saturated carbocycles. The Morgan fingerprint density at radius 1 is 0.971 bits per heavy atom. The van der Waals surface area contributed by atoms with E-state index in [0.29, 0.717) is 0 Å². The van der Waals surface area contributed by atoms with Gasteiger partial charge in [-0.1, -0.05) is 0 Å². The van der Waals surface area contributed by atoms with Gasteiger partial charge in [-0.15, -0.1) is 0 Å². The van der Waals surface area contributed by atoms with Gasteiger partial charge >= 0.3 is 0 Å². The third-order valence-electron chi connectivity index (χ3n) is 5.45. The number of hydrogen-bond donors (Lipinski definition) is 7. The van der Waals surface area contributed by atoms with Crippen molar-refractivity contribution in [3.63, 3.8) is 0 Å². The summed E-state index contributed by atoms with van der Waals surface area (Å²) in [4.78, 5) is 12.6. The second kappa shape index (κ2) is 9.00. The Morgan fingerprint density at radius 2 is 1.71 bits per heavy atom.